The summed E-state index contributed by atoms with van der Waals surface area (Å²) in [6.45, 7) is 0. The van der Waals surface area contributed by atoms with Crippen molar-refractivity contribution in [3.05, 3.63) is 71.5 Å². The summed E-state index contributed by atoms with van der Waals surface area (Å²) >= 11 is -4.50. The number of hydrogen-bond acceptors (Lipinski definition) is 2. The standard InChI is InChI=1S/2C7H6O2.2ClH.Sn/c2*8-6-4-2-1-3-5-7(6)9;;;/h2*1-5H,(H,8,9);2*1H;/q;;;;+4/p-2. The molecule has 0 saturated carbocycles. The molecule has 0 aromatic heterocycles. The predicted octanol–water partition coefficient (Wildman–Crippen LogP) is 2.07. The molecule has 0 bridgehead atoms. The van der Waals surface area contributed by atoms with Gasteiger partial charge in [-0.25, -0.2) is 0 Å². The van der Waals surface area contributed by atoms with E-state index < -0.39 is 17.0 Å². The number of rotatable bonds is 4. The predicted molar refractivity (Wildman–Crippen MR) is 81.7 cm³/mol. The SMILES string of the molecule is [OH+]=c1cccccc1[O][Sn]([Cl])([Cl])[O]c1cccccc1=[OH+]. The molecule has 0 heterocycles. The Hall–Kier alpha value is -1.24. The van der Waals surface area contributed by atoms with Crippen LogP contribution in [0.15, 0.2) is 60.7 Å². The Morgan fingerprint density at radius 1 is 0.667 bits per heavy atom. The van der Waals surface area contributed by atoms with Crippen LogP contribution in [-0.4, -0.2) is 26.5 Å². The van der Waals surface area contributed by atoms with Gasteiger partial charge < -0.3 is 0 Å². The molecule has 0 spiro atoms. The summed E-state index contributed by atoms with van der Waals surface area (Å²) in [5.41, 5.74) is -0.206. The van der Waals surface area contributed by atoms with Gasteiger partial charge in [0.1, 0.15) is 0 Å². The molecule has 0 radical (unpaired) electrons. The van der Waals surface area contributed by atoms with Crippen LogP contribution < -0.4 is 17.0 Å². The van der Waals surface area contributed by atoms with Gasteiger partial charge in [0.05, 0.1) is 0 Å². The maximum atomic E-state index is 9.78. The summed E-state index contributed by atoms with van der Waals surface area (Å²) in [7, 11) is 12.3. The molecule has 0 aliphatic heterocycles. The van der Waals surface area contributed by atoms with Crippen LogP contribution in [0.25, 0.3) is 0 Å². The molecule has 0 unspecified atom stereocenters. The second-order valence-electron chi connectivity index (χ2n) is 3.99. The van der Waals surface area contributed by atoms with Crippen molar-refractivity contribution in [2.75, 3.05) is 0 Å². The van der Waals surface area contributed by atoms with Crippen LogP contribution >= 0.6 is 17.8 Å². The van der Waals surface area contributed by atoms with Crippen LogP contribution in [0.4, 0.5) is 0 Å². The van der Waals surface area contributed by atoms with Crippen LogP contribution in [0.3, 0.4) is 0 Å². The van der Waals surface area contributed by atoms with E-state index >= 15 is 0 Å². The van der Waals surface area contributed by atoms with E-state index in [1.807, 2.05) is 0 Å². The average Bonchev–Trinajstić information content (AvgIpc) is 2.72. The quantitative estimate of drug-likeness (QED) is 0.547. The minimum absolute atomic E-state index is 0.103. The summed E-state index contributed by atoms with van der Waals surface area (Å²) in [6, 6.07) is 16.0. The molecule has 2 aromatic carbocycles. The molecule has 4 nitrogen and oxygen atoms in total. The Labute approximate surface area is 133 Å². The molecule has 0 aliphatic carbocycles. The molecule has 0 saturated heterocycles. The molecule has 7 heteroatoms. The van der Waals surface area contributed by atoms with Gasteiger partial charge in [0.15, 0.2) is 0 Å². The summed E-state index contributed by atoms with van der Waals surface area (Å²) < 4.78 is 10.9. The average molecular weight is 434 g/mol. The van der Waals surface area contributed by atoms with Crippen LogP contribution in [0.2, 0.25) is 0 Å². The third-order valence-corrected chi connectivity index (χ3v) is 7.09. The Balaban J connectivity index is 2.28. The summed E-state index contributed by atoms with van der Waals surface area (Å²) in [5.74, 6) is 0.251. The van der Waals surface area contributed by atoms with Gasteiger partial charge in [-0.05, 0) is 0 Å². The molecule has 0 amide bonds. The molecule has 0 atom stereocenters. The van der Waals surface area contributed by atoms with Crippen molar-refractivity contribution in [1.82, 2.24) is 0 Å². The van der Waals surface area contributed by atoms with Gasteiger partial charge in [0.2, 0.25) is 0 Å². The first kappa shape index (κ1) is 16.1. The summed E-state index contributed by atoms with van der Waals surface area (Å²) in [6.07, 6.45) is 0. The zero-order chi connectivity index (χ0) is 15.3. The molecule has 2 aromatic rings. The Bertz CT molecular complexity index is 689. The third-order valence-electron chi connectivity index (χ3n) is 2.41. The van der Waals surface area contributed by atoms with Crippen LogP contribution in [0.1, 0.15) is 0 Å². The van der Waals surface area contributed by atoms with Gasteiger partial charge in [-0.3, -0.25) is 0 Å². The first-order valence-corrected chi connectivity index (χ1v) is 15.5. The van der Waals surface area contributed by atoms with E-state index in [4.69, 9.17) is 24.0 Å². The van der Waals surface area contributed by atoms with E-state index in [1.54, 1.807) is 36.4 Å². The first-order chi connectivity index (χ1) is 9.98. The second kappa shape index (κ2) is 7.15. The normalized spacial score (nSPS) is 10.8. The molecule has 2 rings (SSSR count). The van der Waals surface area contributed by atoms with E-state index in [9.17, 15) is 9.59 Å². The Morgan fingerprint density at radius 2 is 1.05 bits per heavy atom. The van der Waals surface area contributed by atoms with Gasteiger partial charge in [0.25, 0.3) is 0 Å². The molecular formula is C14H12Cl2O4Sn+2. The van der Waals surface area contributed by atoms with E-state index in [0.29, 0.717) is 0 Å². The minimum atomic E-state index is -4.50. The van der Waals surface area contributed by atoms with Crippen molar-refractivity contribution in [3.63, 3.8) is 0 Å². The van der Waals surface area contributed by atoms with Crippen molar-refractivity contribution >= 4 is 34.8 Å². The topological polar surface area (TPSA) is 61.3 Å². The van der Waals surface area contributed by atoms with Gasteiger partial charge in [-0.1, -0.05) is 0 Å². The molecule has 108 valence electrons. The number of halogens is 2. The van der Waals surface area contributed by atoms with Crippen LogP contribution in [-0.2, 0) is 0 Å². The molecule has 0 fully saturated rings. The van der Waals surface area contributed by atoms with Crippen LogP contribution in [0.5, 0.6) is 11.5 Å². The van der Waals surface area contributed by atoms with E-state index in [0.717, 1.165) is 0 Å². The Kier molecular flexibility index (Phi) is 5.50. The third kappa shape index (κ3) is 4.91. The molecular weight excluding hydrogens is 422 g/mol. The van der Waals surface area contributed by atoms with Gasteiger partial charge in [0, 0.05) is 0 Å². The first-order valence-electron chi connectivity index (χ1n) is 5.96. The Morgan fingerprint density at radius 3 is 1.48 bits per heavy atom. The maximum absolute atomic E-state index is 9.78. The summed E-state index contributed by atoms with van der Waals surface area (Å²) in [4.78, 5) is 19.6. The zero-order valence-corrected chi connectivity index (χ0v) is 15.1. The number of hydrogen-bond donors (Lipinski definition) is 0. The van der Waals surface area contributed by atoms with Crippen molar-refractivity contribution in [2.24, 2.45) is 0 Å². The van der Waals surface area contributed by atoms with Crippen LogP contribution in [0, 0.1) is 0 Å². The van der Waals surface area contributed by atoms with E-state index in [2.05, 4.69) is 0 Å². The van der Waals surface area contributed by atoms with Gasteiger partial charge in [-0.2, -0.15) is 0 Å². The zero-order valence-electron chi connectivity index (χ0n) is 10.7. The van der Waals surface area contributed by atoms with Crippen molar-refractivity contribution in [1.29, 1.82) is 0 Å². The van der Waals surface area contributed by atoms with E-state index in [-0.39, 0.29) is 22.4 Å². The van der Waals surface area contributed by atoms with Gasteiger partial charge >= 0.3 is 134 Å². The molecule has 2 N–H and O–H groups in total. The van der Waals surface area contributed by atoms with Gasteiger partial charge in [-0.15, -0.1) is 0 Å². The fraction of sp³-hybridized carbons (Fsp3) is 0. The molecule has 0 aliphatic rings. The fourth-order valence-electron chi connectivity index (χ4n) is 1.49. The van der Waals surface area contributed by atoms with E-state index in [1.165, 1.54) is 24.3 Å². The van der Waals surface area contributed by atoms with Crippen molar-refractivity contribution in [3.8, 4) is 11.5 Å². The summed E-state index contributed by atoms with van der Waals surface area (Å²) in [5, 5.41) is 0. The molecule has 21 heavy (non-hydrogen) atoms. The van der Waals surface area contributed by atoms with Crippen molar-refractivity contribution < 1.29 is 15.7 Å². The second-order valence-corrected chi connectivity index (χ2v) is 15.8. The van der Waals surface area contributed by atoms with Crippen molar-refractivity contribution in [2.45, 2.75) is 0 Å². The fourth-order valence-corrected chi connectivity index (χ4v) is 6.29. The monoisotopic (exact) mass is 434 g/mol.